The molecule has 0 spiro atoms. The number of nitrogens with one attached hydrogen (secondary N) is 1. The predicted molar refractivity (Wildman–Crippen MR) is 81.9 cm³/mol. The molecule has 1 fully saturated rings. The molecule has 0 radical (unpaired) electrons. The van der Waals surface area contributed by atoms with Gasteiger partial charge in [0.05, 0.1) is 27.0 Å². The lowest BCUT2D eigenvalue weighted by Crippen LogP contribution is -2.40. The van der Waals surface area contributed by atoms with Gasteiger partial charge < -0.3 is 16.2 Å². The number of rotatable bonds is 3. The fourth-order valence-corrected chi connectivity index (χ4v) is 2.79. The fraction of sp³-hybridized carbons (Fsp3) is 0.571. The minimum absolute atomic E-state index is 0.440. The Bertz CT molecular complexity index is 457. The minimum atomic E-state index is -0.648. The van der Waals surface area contributed by atoms with Gasteiger partial charge >= 0.3 is 0 Å². The molecule has 0 saturated heterocycles. The molecular formula is C14H20Cl2N2O. The Balaban J connectivity index is 2.01. The number of anilines is 2. The lowest BCUT2D eigenvalue weighted by atomic mass is 9.79. The average molecular weight is 303 g/mol. The molecule has 0 bridgehead atoms. The third-order valence-electron chi connectivity index (χ3n) is 3.91. The van der Waals surface area contributed by atoms with Crippen LogP contribution >= 0.6 is 23.2 Å². The lowest BCUT2D eigenvalue weighted by Gasteiger charge is -2.35. The second-order valence-electron chi connectivity index (χ2n) is 5.61. The summed E-state index contributed by atoms with van der Waals surface area (Å²) in [5.41, 5.74) is 6.50. The molecule has 1 aliphatic carbocycles. The van der Waals surface area contributed by atoms with Gasteiger partial charge in [0.1, 0.15) is 0 Å². The van der Waals surface area contributed by atoms with Crippen LogP contribution in [-0.2, 0) is 0 Å². The van der Waals surface area contributed by atoms with Gasteiger partial charge in [0.15, 0.2) is 0 Å². The standard InChI is InChI=1S/C14H20Cl2N2O/c1-9-2-4-14(19,5-3-9)8-18-13-7-11(16)10(15)6-12(13)17/h6-7,9,18-19H,2-5,8,17H2,1H3. The van der Waals surface area contributed by atoms with Crippen molar-refractivity contribution in [2.75, 3.05) is 17.6 Å². The summed E-state index contributed by atoms with van der Waals surface area (Å²) in [6.45, 7) is 2.71. The lowest BCUT2D eigenvalue weighted by molar-refractivity contribution is 0.00503. The fourth-order valence-electron chi connectivity index (χ4n) is 2.45. The highest BCUT2D eigenvalue weighted by Gasteiger charge is 2.31. The first-order valence-corrected chi connectivity index (χ1v) is 7.36. The third-order valence-corrected chi connectivity index (χ3v) is 4.63. The van der Waals surface area contributed by atoms with Crippen molar-refractivity contribution in [2.45, 2.75) is 38.2 Å². The second kappa shape index (κ2) is 5.78. The van der Waals surface area contributed by atoms with E-state index in [-0.39, 0.29) is 0 Å². The van der Waals surface area contributed by atoms with Gasteiger partial charge in [0.2, 0.25) is 0 Å². The van der Waals surface area contributed by atoms with Crippen molar-refractivity contribution in [2.24, 2.45) is 5.92 Å². The van der Waals surface area contributed by atoms with Crippen LogP contribution in [0.1, 0.15) is 32.6 Å². The molecule has 0 unspecified atom stereocenters. The number of halogens is 2. The maximum Gasteiger partial charge on any atom is 0.0819 e. The number of nitrogens with two attached hydrogens (primary N) is 1. The van der Waals surface area contributed by atoms with Crippen molar-refractivity contribution in [1.82, 2.24) is 0 Å². The van der Waals surface area contributed by atoms with E-state index >= 15 is 0 Å². The molecule has 2 rings (SSSR count). The zero-order chi connectivity index (χ0) is 14.0. The number of hydrogen-bond donors (Lipinski definition) is 3. The highest BCUT2D eigenvalue weighted by Crippen LogP contribution is 2.34. The summed E-state index contributed by atoms with van der Waals surface area (Å²) in [4.78, 5) is 0. The Morgan fingerprint density at radius 2 is 1.89 bits per heavy atom. The summed E-state index contributed by atoms with van der Waals surface area (Å²) in [5.74, 6) is 0.704. The maximum atomic E-state index is 10.5. The van der Waals surface area contributed by atoms with Gasteiger partial charge in [-0.2, -0.15) is 0 Å². The largest absolute Gasteiger partial charge is 0.397 e. The van der Waals surface area contributed by atoms with Crippen LogP contribution in [0.3, 0.4) is 0 Å². The quantitative estimate of drug-likeness (QED) is 0.742. The summed E-state index contributed by atoms with van der Waals surface area (Å²) in [7, 11) is 0. The van der Waals surface area contributed by atoms with Crippen molar-refractivity contribution >= 4 is 34.6 Å². The van der Waals surface area contributed by atoms with Crippen LogP contribution in [0.5, 0.6) is 0 Å². The van der Waals surface area contributed by atoms with E-state index in [2.05, 4.69) is 12.2 Å². The maximum absolute atomic E-state index is 10.5. The van der Waals surface area contributed by atoms with E-state index in [0.29, 0.717) is 28.2 Å². The molecule has 1 saturated carbocycles. The highest BCUT2D eigenvalue weighted by atomic mass is 35.5. The van der Waals surface area contributed by atoms with Crippen LogP contribution in [0.4, 0.5) is 11.4 Å². The SMILES string of the molecule is CC1CCC(O)(CNc2cc(Cl)c(Cl)cc2N)CC1. The first kappa shape index (κ1) is 14.8. The first-order chi connectivity index (χ1) is 8.89. The normalized spacial score (nSPS) is 27.3. The molecule has 0 aromatic heterocycles. The van der Waals surface area contributed by atoms with E-state index in [9.17, 15) is 5.11 Å². The van der Waals surface area contributed by atoms with Crippen molar-refractivity contribution in [3.05, 3.63) is 22.2 Å². The number of aliphatic hydroxyl groups is 1. The van der Waals surface area contributed by atoms with Crippen molar-refractivity contribution in [3.8, 4) is 0 Å². The van der Waals surface area contributed by atoms with E-state index in [4.69, 9.17) is 28.9 Å². The van der Waals surface area contributed by atoms with Crippen LogP contribution in [0.2, 0.25) is 10.0 Å². The Labute approximate surface area is 124 Å². The van der Waals surface area contributed by atoms with Crippen molar-refractivity contribution < 1.29 is 5.11 Å². The number of benzene rings is 1. The summed E-state index contributed by atoms with van der Waals surface area (Å²) < 4.78 is 0. The second-order valence-corrected chi connectivity index (χ2v) is 6.43. The molecule has 19 heavy (non-hydrogen) atoms. The smallest absolute Gasteiger partial charge is 0.0819 e. The van der Waals surface area contributed by atoms with Crippen molar-refractivity contribution in [3.63, 3.8) is 0 Å². The monoisotopic (exact) mass is 302 g/mol. The highest BCUT2D eigenvalue weighted by molar-refractivity contribution is 6.42. The van der Waals surface area contributed by atoms with Crippen LogP contribution in [0, 0.1) is 5.92 Å². The van der Waals surface area contributed by atoms with Gasteiger partial charge in [-0.1, -0.05) is 30.1 Å². The summed E-state index contributed by atoms with van der Waals surface area (Å²) in [6.07, 6.45) is 3.77. The number of hydrogen-bond acceptors (Lipinski definition) is 3. The molecule has 0 amide bonds. The molecule has 1 aromatic carbocycles. The van der Waals surface area contributed by atoms with E-state index in [0.717, 1.165) is 31.4 Å². The van der Waals surface area contributed by atoms with E-state index in [1.165, 1.54) is 0 Å². The zero-order valence-electron chi connectivity index (χ0n) is 11.0. The topological polar surface area (TPSA) is 58.3 Å². The van der Waals surface area contributed by atoms with E-state index in [1.807, 2.05) is 0 Å². The van der Waals surface area contributed by atoms with Gasteiger partial charge in [-0.3, -0.25) is 0 Å². The number of nitrogen functional groups attached to an aromatic ring is 1. The van der Waals surface area contributed by atoms with Gasteiger partial charge in [-0.25, -0.2) is 0 Å². The van der Waals surface area contributed by atoms with Crippen molar-refractivity contribution in [1.29, 1.82) is 0 Å². The van der Waals surface area contributed by atoms with Crippen LogP contribution < -0.4 is 11.1 Å². The van der Waals surface area contributed by atoms with Gasteiger partial charge in [-0.05, 0) is 43.7 Å². The molecule has 3 nitrogen and oxygen atoms in total. The molecular weight excluding hydrogens is 283 g/mol. The molecule has 5 heteroatoms. The molecule has 106 valence electrons. The minimum Gasteiger partial charge on any atom is -0.397 e. The molecule has 0 aliphatic heterocycles. The molecule has 1 aliphatic rings. The Morgan fingerprint density at radius 3 is 2.53 bits per heavy atom. The Hall–Kier alpha value is -0.640. The molecule has 0 atom stereocenters. The third kappa shape index (κ3) is 3.68. The zero-order valence-corrected chi connectivity index (χ0v) is 12.6. The van der Waals surface area contributed by atoms with E-state index < -0.39 is 5.60 Å². The van der Waals surface area contributed by atoms with Gasteiger partial charge in [-0.15, -0.1) is 0 Å². The van der Waals surface area contributed by atoms with Gasteiger partial charge in [0, 0.05) is 6.54 Å². The molecule has 1 aromatic rings. The van der Waals surface area contributed by atoms with E-state index in [1.54, 1.807) is 12.1 Å². The Kier molecular flexibility index (Phi) is 4.49. The van der Waals surface area contributed by atoms with Crippen LogP contribution in [0.25, 0.3) is 0 Å². The summed E-state index contributed by atoms with van der Waals surface area (Å²) in [5, 5.41) is 14.6. The van der Waals surface area contributed by atoms with Crippen LogP contribution in [0.15, 0.2) is 12.1 Å². The summed E-state index contributed by atoms with van der Waals surface area (Å²) >= 11 is 11.9. The van der Waals surface area contributed by atoms with Gasteiger partial charge in [0.25, 0.3) is 0 Å². The molecule has 0 heterocycles. The average Bonchev–Trinajstić information content (AvgIpc) is 2.36. The summed E-state index contributed by atoms with van der Waals surface area (Å²) in [6, 6.07) is 3.33. The predicted octanol–water partition coefficient (Wildman–Crippen LogP) is 3.93. The first-order valence-electron chi connectivity index (χ1n) is 6.60. The Morgan fingerprint density at radius 1 is 1.32 bits per heavy atom. The van der Waals surface area contributed by atoms with Crippen LogP contribution in [-0.4, -0.2) is 17.3 Å². The molecule has 4 N–H and O–H groups in total.